The second kappa shape index (κ2) is 7.52. The first-order valence-electron chi connectivity index (χ1n) is 7.60. The number of nitrogens with zero attached hydrogens (tertiary/aromatic N) is 1. The molecule has 0 saturated heterocycles. The van der Waals surface area contributed by atoms with Gasteiger partial charge in [0.1, 0.15) is 0 Å². The van der Waals surface area contributed by atoms with Gasteiger partial charge in [-0.1, -0.05) is 40.6 Å². The van der Waals surface area contributed by atoms with Crippen molar-refractivity contribution >= 4 is 65.6 Å². The molecule has 9 heteroatoms. The molecule has 3 rings (SSSR count). The third-order valence-electron chi connectivity index (χ3n) is 3.71. The van der Waals surface area contributed by atoms with Crippen molar-refractivity contribution in [2.24, 2.45) is 0 Å². The van der Waals surface area contributed by atoms with Crippen molar-refractivity contribution in [3.05, 3.63) is 52.0 Å². The maximum absolute atomic E-state index is 12.3. The zero-order valence-electron chi connectivity index (χ0n) is 13.6. The van der Waals surface area contributed by atoms with Crippen LogP contribution in [0.25, 0.3) is 10.2 Å². The number of amides is 1. The number of carbonyl (C=O) groups excluding carboxylic acids is 1. The molecule has 0 unspecified atom stereocenters. The lowest BCUT2D eigenvalue weighted by atomic mass is 10.2. The molecule has 136 valence electrons. The Kier molecular flexibility index (Phi) is 5.53. The molecule has 5 nitrogen and oxygen atoms in total. The van der Waals surface area contributed by atoms with E-state index in [2.05, 4.69) is 10.3 Å². The van der Waals surface area contributed by atoms with Crippen molar-refractivity contribution in [2.45, 2.75) is 18.2 Å². The van der Waals surface area contributed by atoms with Gasteiger partial charge in [-0.15, -0.1) is 0 Å². The number of fused-ring (bicyclic) bond motifs is 1. The van der Waals surface area contributed by atoms with Crippen LogP contribution in [0.5, 0.6) is 0 Å². The Morgan fingerprint density at radius 2 is 1.85 bits per heavy atom. The summed E-state index contributed by atoms with van der Waals surface area (Å²) in [7, 11) is -3.56. The minimum Gasteiger partial charge on any atom is -0.302 e. The number of aryl methyl sites for hydroxylation is 1. The lowest BCUT2D eigenvalue weighted by Crippen LogP contribution is -2.17. The van der Waals surface area contributed by atoms with Gasteiger partial charge in [0.2, 0.25) is 5.91 Å². The lowest BCUT2D eigenvalue weighted by molar-refractivity contribution is -0.115. The van der Waals surface area contributed by atoms with Crippen molar-refractivity contribution < 1.29 is 13.2 Å². The molecule has 1 amide bonds. The molecule has 1 aromatic heterocycles. The number of aromatic nitrogens is 1. The van der Waals surface area contributed by atoms with E-state index in [9.17, 15) is 13.2 Å². The van der Waals surface area contributed by atoms with Crippen LogP contribution in [0.1, 0.15) is 12.0 Å². The number of nitrogens with one attached hydrogen (secondary N) is 1. The van der Waals surface area contributed by atoms with Crippen LogP contribution in [0.4, 0.5) is 5.13 Å². The molecule has 0 aliphatic rings. The molecule has 0 spiro atoms. The average Bonchev–Trinajstić information content (AvgIpc) is 3.02. The van der Waals surface area contributed by atoms with Crippen LogP contribution in [0, 0.1) is 6.92 Å². The van der Waals surface area contributed by atoms with Crippen LogP contribution in [0.15, 0.2) is 41.3 Å². The van der Waals surface area contributed by atoms with Gasteiger partial charge in [-0.2, -0.15) is 0 Å². The first-order chi connectivity index (χ1) is 12.3. The van der Waals surface area contributed by atoms with Crippen molar-refractivity contribution in [1.29, 1.82) is 0 Å². The summed E-state index contributed by atoms with van der Waals surface area (Å²) < 4.78 is 25.3. The summed E-state index contributed by atoms with van der Waals surface area (Å²) in [5.41, 5.74) is 1.68. The Morgan fingerprint density at radius 3 is 2.50 bits per heavy atom. The first-order valence-corrected chi connectivity index (χ1v) is 10.8. The maximum atomic E-state index is 12.3. The van der Waals surface area contributed by atoms with Crippen molar-refractivity contribution in [3.63, 3.8) is 0 Å². The molecular weight excluding hydrogens is 415 g/mol. The molecule has 1 heterocycles. The van der Waals surface area contributed by atoms with E-state index >= 15 is 0 Å². The van der Waals surface area contributed by atoms with E-state index in [1.807, 2.05) is 13.0 Å². The van der Waals surface area contributed by atoms with E-state index < -0.39 is 15.7 Å². The molecule has 0 atom stereocenters. The standard InChI is InChI=1S/C17H14Cl2N2O3S2/c1-10-2-7-13(19)16-15(10)21-17(25-16)20-14(22)8-9-26(23,24)12-5-3-11(18)4-6-12/h2-7H,8-9H2,1H3,(H,20,21,22). The molecule has 0 saturated carbocycles. The zero-order chi connectivity index (χ0) is 18.9. The highest BCUT2D eigenvalue weighted by molar-refractivity contribution is 7.91. The molecule has 0 bridgehead atoms. The summed E-state index contributed by atoms with van der Waals surface area (Å²) in [5.74, 6) is -0.721. The van der Waals surface area contributed by atoms with E-state index in [4.69, 9.17) is 23.2 Å². The van der Waals surface area contributed by atoms with Crippen LogP contribution < -0.4 is 5.32 Å². The van der Waals surface area contributed by atoms with E-state index in [0.29, 0.717) is 15.2 Å². The van der Waals surface area contributed by atoms with Crippen molar-refractivity contribution in [3.8, 4) is 0 Å². The van der Waals surface area contributed by atoms with Gasteiger partial charge < -0.3 is 5.32 Å². The van der Waals surface area contributed by atoms with E-state index in [-0.39, 0.29) is 17.1 Å². The first kappa shape index (κ1) is 19.1. The SMILES string of the molecule is Cc1ccc(Cl)c2sc(NC(=O)CCS(=O)(=O)c3ccc(Cl)cc3)nc12. The number of carbonyl (C=O) groups is 1. The largest absolute Gasteiger partial charge is 0.302 e. The van der Waals surface area contributed by atoms with Crippen LogP contribution in [0.2, 0.25) is 10.0 Å². The second-order valence-electron chi connectivity index (χ2n) is 5.63. The number of halogens is 2. The molecule has 2 aromatic carbocycles. The van der Waals surface area contributed by atoms with E-state index in [1.165, 1.54) is 35.6 Å². The van der Waals surface area contributed by atoms with Gasteiger partial charge in [0.15, 0.2) is 15.0 Å². The highest BCUT2D eigenvalue weighted by Gasteiger charge is 2.18. The molecule has 0 aliphatic carbocycles. The average molecular weight is 429 g/mol. The Morgan fingerprint density at radius 1 is 1.15 bits per heavy atom. The van der Waals surface area contributed by atoms with Crippen molar-refractivity contribution in [2.75, 3.05) is 11.1 Å². The van der Waals surface area contributed by atoms with Crippen LogP contribution in [0.3, 0.4) is 0 Å². The molecule has 26 heavy (non-hydrogen) atoms. The minimum absolute atomic E-state index is 0.136. The monoisotopic (exact) mass is 428 g/mol. The van der Waals surface area contributed by atoms with Gasteiger partial charge in [-0.05, 0) is 42.8 Å². The van der Waals surface area contributed by atoms with Gasteiger partial charge in [0.05, 0.1) is 25.9 Å². The minimum atomic E-state index is -3.56. The summed E-state index contributed by atoms with van der Waals surface area (Å²) in [6.45, 7) is 1.91. The van der Waals surface area contributed by atoms with Gasteiger partial charge in [0.25, 0.3) is 0 Å². The number of sulfone groups is 1. The van der Waals surface area contributed by atoms with Crippen LogP contribution in [-0.2, 0) is 14.6 Å². The predicted molar refractivity (Wildman–Crippen MR) is 106 cm³/mol. The van der Waals surface area contributed by atoms with Crippen LogP contribution in [-0.4, -0.2) is 25.1 Å². The number of anilines is 1. The number of hydrogen-bond acceptors (Lipinski definition) is 5. The van der Waals surface area contributed by atoms with Gasteiger partial charge in [0, 0.05) is 11.4 Å². The third kappa shape index (κ3) is 4.17. The van der Waals surface area contributed by atoms with Crippen LogP contribution >= 0.6 is 34.5 Å². The van der Waals surface area contributed by atoms with Gasteiger partial charge in [-0.3, -0.25) is 4.79 Å². The molecule has 3 aromatic rings. The molecule has 1 N–H and O–H groups in total. The summed E-state index contributed by atoms with van der Waals surface area (Å²) in [6, 6.07) is 9.49. The predicted octanol–water partition coefficient (Wildman–Crippen LogP) is 4.71. The second-order valence-corrected chi connectivity index (χ2v) is 9.58. The van der Waals surface area contributed by atoms with Gasteiger partial charge >= 0.3 is 0 Å². The number of hydrogen-bond donors (Lipinski definition) is 1. The summed E-state index contributed by atoms with van der Waals surface area (Å²) in [5, 5.41) is 4.05. The number of rotatable bonds is 5. The Hall–Kier alpha value is -1.67. The van der Waals surface area contributed by atoms with Gasteiger partial charge in [-0.25, -0.2) is 13.4 Å². The fraction of sp³-hybridized carbons (Fsp3) is 0.176. The fourth-order valence-corrected chi connectivity index (χ4v) is 4.92. The molecular formula is C17H14Cl2N2O3S2. The summed E-state index contributed by atoms with van der Waals surface area (Å²) in [4.78, 5) is 16.6. The summed E-state index contributed by atoms with van der Waals surface area (Å²) in [6.07, 6.45) is -0.173. The molecule has 0 aliphatic heterocycles. The zero-order valence-corrected chi connectivity index (χ0v) is 16.8. The Labute approximate surface area is 164 Å². The lowest BCUT2D eigenvalue weighted by Gasteiger charge is -2.04. The van der Waals surface area contributed by atoms with E-state index in [1.54, 1.807) is 6.07 Å². The quantitative estimate of drug-likeness (QED) is 0.637. The van der Waals surface area contributed by atoms with Crippen molar-refractivity contribution in [1.82, 2.24) is 4.98 Å². The number of benzene rings is 2. The highest BCUT2D eigenvalue weighted by Crippen LogP contribution is 2.33. The normalized spacial score (nSPS) is 11.7. The third-order valence-corrected chi connectivity index (χ3v) is 7.13. The molecule has 0 fully saturated rings. The summed E-state index contributed by atoms with van der Waals surface area (Å²) >= 11 is 13.2. The Balaban J connectivity index is 1.68. The Bertz CT molecular complexity index is 1040. The van der Waals surface area contributed by atoms with E-state index in [0.717, 1.165) is 15.8 Å². The fourth-order valence-electron chi connectivity index (χ4n) is 2.32. The smallest absolute Gasteiger partial charge is 0.227 e. The maximum Gasteiger partial charge on any atom is 0.227 e. The number of thiazole rings is 1. The topological polar surface area (TPSA) is 76.1 Å². The molecule has 0 radical (unpaired) electrons. The highest BCUT2D eigenvalue weighted by atomic mass is 35.5.